The molecule has 0 radical (unpaired) electrons. The SMILES string of the molecule is O=C(CS(=O)(=O)C1CCCC1)c1ccc(F)cc1. The zero-order valence-corrected chi connectivity index (χ0v) is 10.7. The topological polar surface area (TPSA) is 51.2 Å². The van der Waals surface area contributed by atoms with Crippen molar-refractivity contribution in [2.75, 3.05) is 5.75 Å². The highest BCUT2D eigenvalue weighted by Crippen LogP contribution is 2.25. The van der Waals surface area contributed by atoms with Gasteiger partial charge in [0.25, 0.3) is 0 Å². The molecule has 1 saturated carbocycles. The fraction of sp³-hybridized carbons (Fsp3) is 0.462. The molecule has 0 aromatic heterocycles. The molecule has 98 valence electrons. The number of ketones is 1. The molecule has 1 aromatic rings. The van der Waals surface area contributed by atoms with Crippen LogP contribution in [0.1, 0.15) is 36.0 Å². The van der Waals surface area contributed by atoms with Crippen molar-refractivity contribution < 1.29 is 17.6 Å². The predicted molar refractivity (Wildman–Crippen MR) is 66.8 cm³/mol. The zero-order chi connectivity index (χ0) is 13.2. The smallest absolute Gasteiger partial charge is 0.177 e. The number of hydrogen-bond donors (Lipinski definition) is 0. The summed E-state index contributed by atoms with van der Waals surface area (Å²) in [6.45, 7) is 0. The Hall–Kier alpha value is -1.23. The number of carbonyl (C=O) groups excluding carboxylic acids is 1. The van der Waals surface area contributed by atoms with Crippen molar-refractivity contribution in [3.63, 3.8) is 0 Å². The molecular weight excluding hydrogens is 255 g/mol. The third-order valence-electron chi connectivity index (χ3n) is 3.31. The summed E-state index contributed by atoms with van der Waals surface area (Å²) < 4.78 is 36.7. The summed E-state index contributed by atoms with van der Waals surface area (Å²) in [5.74, 6) is -1.37. The first kappa shape index (κ1) is 13.2. The Morgan fingerprint density at radius 1 is 1.17 bits per heavy atom. The van der Waals surface area contributed by atoms with E-state index in [1.807, 2.05) is 0 Å². The highest BCUT2D eigenvalue weighted by Gasteiger charge is 2.30. The molecule has 5 heteroatoms. The second kappa shape index (κ2) is 5.18. The Balaban J connectivity index is 2.09. The van der Waals surface area contributed by atoms with E-state index in [0.29, 0.717) is 12.8 Å². The minimum Gasteiger partial charge on any atom is -0.293 e. The van der Waals surface area contributed by atoms with Crippen LogP contribution in [0.2, 0.25) is 0 Å². The van der Waals surface area contributed by atoms with Gasteiger partial charge in [-0.1, -0.05) is 12.8 Å². The average molecular weight is 270 g/mol. The molecule has 0 aliphatic heterocycles. The molecule has 3 nitrogen and oxygen atoms in total. The monoisotopic (exact) mass is 270 g/mol. The Morgan fingerprint density at radius 3 is 2.28 bits per heavy atom. The van der Waals surface area contributed by atoms with Gasteiger partial charge in [-0.15, -0.1) is 0 Å². The molecule has 1 aromatic carbocycles. The van der Waals surface area contributed by atoms with Crippen LogP contribution in [0.15, 0.2) is 24.3 Å². The minimum absolute atomic E-state index is 0.248. The van der Waals surface area contributed by atoms with Crippen molar-refractivity contribution in [1.29, 1.82) is 0 Å². The van der Waals surface area contributed by atoms with E-state index < -0.39 is 27.2 Å². The fourth-order valence-corrected chi connectivity index (χ4v) is 4.09. The lowest BCUT2D eigenvalue weighted by atomic mass is 10.1. The lowest BCUT2D eigenvalue weighted by molar-refractivity contribution is 0.102. The lowest BCUT2D eigenvalue weighted by Gasteiger charge is -2.10. The molecule has 0 spiro atoms. The normalized spacial score (nSPS) is 16.9. The number of halogens is 1. The van der Waals surface area contributed by atoms with Crippen LogP contribution >= 0.6 is 0 Å². The molecule has 1 aliphatic carbocycles. The third kappa shape index (κ3) is 2.96. The van der Waals surface area contributed by atoms with E-state index in [9.17, 15) is 17.6 Å². The molecule has 0 amide bonds. The first-order chi connectivity index (χ1) is 8.49. The standard InChI is InChI=1S/C13H15FO3S/c14-11-7-5-10(6-8-11)13(15)9-18(16,17)12-3-1-2-4-12/h5-8,12H,1-4,9H2. The number of carbonyl (C=O) groups is 1. The van der Waals surface area contributed by atoms with Crippen molar-refractivity contribution in [3.8, 4) is 0 Å². The van der Waals surface area contributed by atoms with Crippen molar-refractivity contribution in [2.45, 2.75) is 30.9 Å². The van der Waals surface area contributed by atoms with Gasteiger partial charge in [-0.05, 0) is 37.1 Å². The molecular formula is C13H15FO3S. The molecule has 1 fully saturated rings. The van der Waals surface area contributed by atoms with E-state index in [1.54, 1.807) is 0 Å². The van der Waals surface area contributed by atoms with Gasteiger partial charge in [-0.25, -0.2) is 12.8 Å². The first-order valence-electron chi connectivity index (χ1n) is 5.99. The van der Waals surface area contributed by atoms with Gasteiger partial charge in [0.1, 0.15) is 11.6 Å². The molecule has 0 saturated heterocycles. The molecule has 1 aliphatic rings. The van der Waals surface area contributed by atoms with Gasteiger partial charge in [0.15, 0.2) is 15.6 Å². The maximum absolute atomic E-state index is 12.7. The second-order valence-corrected chi connectivity index (χ2v) is 6.92. The van der Waals surface area contributed by atoms with Gasteiger partial charge in [0, 0.05) is 5.56 Å². The molecule has 18 heavy (non-hydrogen) atoms. The van der Waals surface area contributed by atoms with Crippen LogP contribution in [0, 0.1) is 5.82 Å². The third-order valence-corrected chi connectivity index (χ3v) is 5.46. The van der Waals surface area contributed by atoms with Crippen LogP contribution in [0.25, 0.3) is 0 Å². The summed E-state index contributed by atoms with van der Waals surface area (Å²) >= 11 is 0. The zero-order valence-electron chi connectivity index (χ0n) is 9.93. The number of benzene rings is 1. The molecule has 0 unspecified atom stereocenters. The van der Waals surface area contributed by atoms with Gasteiger partial charge in [-0.3, -0.25) is 4.79 Å². The van der Waals surface area contributed by atoms with E-state index in [1.165, 1.54) is 12.1 Å². The van der Waals surface area contributed by atoms with Gasteiger partial charge in [0.2, 0.25) is 0 Å². The maximum Gasteiger partial charge on any atom is 0.177 e. The minimum atomic E-state index is -3.36. The van der Waals surface area contributed by atoms with Crippen LogP contribution in [0.4, 0.5) is 4.39 Å². The number of Topliss-reactive ketones (excluding diaryl/α,β-unsaturated/α-hetero) is 1. The van der Waals surface area contributed by atoms with Crippen molar-refractivity contribution >= 4 is 15.6 Å². The van der Waals surface area contributed by atoms with E-state index in [-0.39, 0.29) is 10.8 Å². The summed E-state index contributed by atoms with van der Waals surface area (Å²) in [6, 6.07) is 4.97. The maximum atomic E-state index is 12.7. The Kier molecular flexibility index (Phi) is 3.80. The summed E-state index contributed by atoms with van der Waals surface area (Å²) in [7, 11) is -3.36. The van der Waals surface area contributed by atoms with E-state index in [4.69, 9.17) is 0 Å². The van der Waals surface area contributed by atoms with Crippen LogP contribution < -0.4 is 0 Å². The number of hydrogen-bond acceptors (Lipinski definition) is 3. The predicted octanol–water partition coefficient (Wildman–Crippen LogP) is 2.37. The Bertz CT molecular complexity index is 528. The van der Waals surface area contributed by atoms with E-state index in [0.717, 1.165) is 25.0 Å². The second-order valence-electron chi connectivity index (χ2n) is 4.64. The molecule has 2 rings (SSSR count). The van der Waals surface area contributed by atoms with Gasteiger partial charge >= 0.3 is 0 Å². The highest BCUT2D eigenvalue weighted by atomic mass is 32.2. The molecule has 0 heterocycles. The molecule has 0 bridgehead atoms. The van der Waals surface area contributed by atoms with Crippen molar-refractivity contribution in [2.24, 2.45) is 0 Å². The van der Waals surface area contributed by atoms with Crippen molar-refractivity contribution in [3.05, 3.63) is 35.6 Å². The summed E-state index contributed by atoms with van der Waals surface area (Å²) in [5.41, 5.74) is 0.248. The summed E-state index contributed by atoms with van der Waals surface area (Å²) in [5, 5.41) is -0.373. The lowest BCUT2D eigenvalue weighted by Crippen LogP contribution is -2.25. The fourth-order valence-electron chi connectivity index (χ4n) is 2.27. The Morgan fingerprint density at radius 2 is 1.72 bits per heavy atom. The van der Waals surface area contributed by atoms with E-state index >= 15 is 0 Å². The van der Waals surface area contributed by atoms with Gasteiger partial charge < -0.3 is 0 Å². The van der Waals surface area contributed by atoms with Crippen LogP contribution in [-0.2, 0) is 9.84 Å². The molecule has 0 N–H and O–H groups in total. The summed E-state index contributed by atoms with van der Waals surface area (Å²) in [6.07, 6.45) is 3.13. The highest BCUT2D eigenvalue weighted by molar-refractivity contribution is 7.92. The van der Waals surface area contributed by atoms with Crippen LogP contribution in [-0.4, -0.2) is 25.2 Å². The number of rotatable bonds is 4. The summed E-state index contributed by atoms with van der Waals surface area (Å²) in [4.78, 5) is 11.8. The average Bonchev–Trinajstić information content (AvgIpc) is 2.83. The first-order valence-corrected chi connectivity index (χ1v) is 7.71. The van der Waals surface area contributed by atoms with Crippen LogP contribution in [0.3, 0.4) is 0 Å². The quantitative estimate of drug-likeness (QED) is 0.789. The van der Waals surface area contributed by atoms with Gasteiger partial charge in [0.05, 0.1) is 5.25 Å². The largest absolute Gasteiger partial charge is 0.293 e. The Labute approximate surface area is 106 Å². The van der Waals surface area contributed by atoms with E-state index in [2.05, 4.69) is 0 Å². The number of sulfone groups is 1. The van der Waals surface area contributed by atoms with Crippen LogP contribution in [0.5, 0.6) is 0 Å². The van der Waals surface area contributed by atoms with Gasteiger partial charge in [-0.2, -0.15) is 0 Å². The molecule has 0 atom stereocenters. The van der Waals surface area contributed by atoms with Crippen molar-refractivity contribution in [1.82, 2.24) is 0 Å².